The largest absolute Gasteiger partial charge is 0.493 e. The Balaban J connectivity index is 1.32. The molecule has 0 saturated carbocycles. The van der Waals surface area contributed by atoms with Gasteiger partial charge in [-0.1, -0.05) is 19.1 Å². The van der Waals surface area contributed by atoms with Crippen molar-refractivity contribution in [3.05, 3.63) is 119 Å². The number of carbonyl (C=O) groups excluding carboxylic acids is 1. The zero-order valence-corrected chi connectivity index (χ0v) is 22.7. The molecule has 0 unspecified atom stereocenters. The van der Waals surface area contributed by atoms with Gasteiger partial charge in [-0.15, -0.1) is 0 Å². The molecule has 1 aromatic heterocycles. The van der Waals surface area contributed by atoms with Gasteiger partial charge in [0.1, 0.15) is 29.2 Å². The first kappa shape index (κ1) is 29.2. The lowest BCUT2D eigenvalue weighted by Gasteiger charge is -2.18. The predicted octanol–water partition coefficient (Wildman–Crippen LogP) is 6.31. The molecule has 212 valence electrons. The Kier molecular flexibility index (Phi) is 9.63. The Morgan fingerprint density at radius 3 is 2.24 bits per heavy atom. The molecule has 2 N–H and O–H groups in total. The second-order valence-corrected chi connectivity index (χ2v) is 9.40. The summed E-state index contributed by atoms with van der Waals surface area (Å²) in [4.78, 5) is 29.0. The number of nitrogens with one attached hydrogen (secondary N) is 1. The number of hydrogen-bond acceptors (Lipinski definition) is 6. The van der Waals surface area contributed by atoms with Gasteiger partial charge in [-0.25, -0.2) is 18.6 Å². The van der Waals surface area contributed by atoms with E-state index in [0.717, 1.165) is 11.3 Å². The molecule has 4 aromatic rings. The SMILES string of the molecule is CC/C(=C\C(=O)c1ccc(F)cc1)N[C@@H](Cc1ccc(OCCc2nc(-c3ccc(F)cc3)oc2C)cc1)C(=O)O. The molecule has 0 saturated heterocycles. The number of nitrogens with zero attached hydrogens (tertiary/aromatic N) is 1. The van der Waals surface area contributed by atoms with Crippen LogP contribution in [0.3, 0.4) is 0 Å². The number of ketones is 1. The van der Waals surface area contributed by atoms with Crippen molar-refractivity contribution in [3.8, 4) is 17.2 Å². The van der Waals surface area contributed by atoms with Crippen LogP contribution >= 0.6 is 0 Å². The summed E-state index contributed by atoms with van der Waals surface area (Å²) < 4.78 is 37.9. The number of ether oxygens (including phenoxy) is 1. The van der Waals surface area contributed by atoms with E-state index in [0.29, 0.717) is 53.7 Å². The van der Waals surface area contributed by atoms with Crippen molar-refractivity contribution >= 4 is 11.8 Å². The number of carboxylic acid groups (broad SMARTS) is 1. The highest BCUT2D eigenvalue weighted by atomic mass is 19.1. The summed E-state index contributed by atoms with van der Waals surface area (Å²) in [5.41, 5.74) is 2.99. The molecule has 41 heavy (non-hydrogen) atoms. The quantitative estimate of drug-likeness (QED) is 0.146. The Morgan fingerprint density at radius 1 is 1.00 bits per heavy atom. The van der Waals surface area contributed by atoms with Crippen LogP contribution < -0.4 is 10.1 Å². The van der Waals surface area contributed by atoms with Gasteiger partial charge in [-0.3, -0.25) is 4.79 Å². The highest BCUT2D eigenvalue weighted by molar-refractivity contribution is 6.04. The number of benzene rings is 3. The maximum absolute atomic E-state index is 13.2. The van der Waals surface area contributed by atoms with Crippen molar-refractivity contribution < 1.29 is 32.6 Å². The van der Waals surface area contributed by atoms with Crippen LogP contribution in [0.15, 0.2) is 89.0 Å². The van der Waals surface area contributed by atoms with E-state index in [2.05, 4.69) is 10.3 Å². The number of aliphatic carboxylic acids is 1. The number of halogens is 2. The van der Waals surface area contributed by atoms with Crippen molar-refractivity contribution in [3.63, 3.8) is 0 Å². The van der Waals surface area contributed by atoms with Gasteiger partial charge in [0, 0.05) is 35.7 Å². The van der Waals surface area contributed by atoms with Gasteiger partial charge in [0.2, 0.25) is 5.89 Å². The number of carbonyl (C=O) groups is 2. The van der Waals surface area contributed by atoms with Gasteiger partial charge in [0.25, 0.3) is 0 Å². The van der Waals surface area contributed by atoms with E-state index in [4.69, 9.17) is 9.15 Å². The predicted molar refractivity (Wildman–Crippen MR) is 150 cm³/mol. The van der Waals surface area contributed by atoms with Gasteiger partial charge in [0.15, 0.2) is 5.78 Å². The minimum atomic E-state index is -1.05. The van der Waals surface area contributed by atoms with Gasteiger partial charge < -0.3 is 19.6 Å². The average Bonchev–Trinajstić information content (AvgIpc) is 3.33. The zero-order valence-electron chi connectivity index (χ0n) is 22.7. The van der Waals surface area contributed by atoms with Gasteiger partial charge in [0.05, 0.1) is 12.3 Å². The fraction of sp³-hybridized carbons (Fsp3) is 0.219. The molecule has 0 aliphatic rings. The van der Waals surface area contributed by atoms with Crippen molar-refractivity contribution in [1.29, 1.82) is 0 Å². The second kappa shape index (κ2) is 13.5. The van der Waals surface area contributed by atoms with E-state index < -0.39 is 17.8 Å². The minimum Gasteiger partial charge on any atom is -0.493 e. The third-order valence-electron chi connectivity index (χ3n) is 6.43. The van der Waals surface area contributed by atoms with Crippen molar-refractivity contribution in [1.82, 2.24) is 10.3 Å². The van der Waals surface area contributed by atoms with Crippen LogP contribution in [0.2, 0.25) is 0 Å². The molecule has 0 radical (unpaired) electrons. The van der Waals surface area contributed by atoms with Gasteiger partial charge >= 0.3 is 5.97 Å². The van der Waals surface area contributed by atoms with Crippen LogP contribution in [0.5, 0.6) is 5.75 Å². The molecule has 4 rings (SSSR count). The summed E-state index contributed by atoms with van der Waals surface area (Å²) >= 11 is 0. The Bertz CT molecular complexity index is 1510. The molecule has 0 bridgehead atoms. The lowest BCUT2D eigenvalue weighted by Crippen LogP contribution is -2.38. The third kappa shape index (κ3) is 8.11. The molecule has 7 nitrogen and oxygen atoms in total. The normalized spacial score (nSPS) is 12.1. The van der Waals surface area contributed by atoms with Crippen LogP contribution in [-0.2, 0) is 17.6 Å². The molecule has 9 heteroatoms. The van der Waals surface area contributed by atoms with Crippen LogP contribution in [-0.4, -0.2) is 34.5 Å². The van der Waals surface area contributed by atoms with E-state index in [1.54, 1.807) is 36.4 Å². The Morgan fingerprint density at radius 2 is 1.63 bits per heavy atom. The third-order valence-corrected chi connectivity index (χ3v) is 6.43. The first-order chi connectivity index (χ1) is 19.7. The molecule has 0 aliphatic carbocycles. The van der Waals surface area contributed by atoms with Crippen LogP contribution in [0.25, 0.3) is 11.5 Å². The topological polar surface area (TPSA) is 102 Å². The van der Waals surface area contributed by atoms with Crippen molar-refractivity contribution in [2.24, 2.45) is 0 Å². The van der Waals surface area contributed by atoms with E-state index in [9.17, 15) is 23.5 Å². The highest BCUT2D eigenvalue weighted by Crippen LogP contribution is 2.23. The maximum Gasteiger partial charge on any atom is 0.326 e. The summed E-state index contributed by atoms with van der Waals surface area (Å²) in [6.45, 7) is 3.97. The Hall–Kier alpha value is -4.79. The summed E-state index contributed by atoms with van der Waals surface area (Å²) in [5.74, 6) is -0.463. The lowest BCUT2D eigenvalue weighted by molar-refractivity contribution is -0.139. The molecule has 3 aromatic carbocycles. The number of oxazole rings is 1. The average molecular weight is 561 g/mol. The first-order valence-electron chi connectivity index (χ1n) is 13.2. The number of aryl methyl sites for hydroxylation is 1. The molecular weight excluding hydrogens is 530 g/mol. The fourth-order valence-corrected chi connectivity index (χ4v) is 4.12. The summed E-state index contributed by atoms with van der Waals surface area (Å²) in [6.07, 6.45) is 2.45. The van der Waals surface area contributed by atoms with Gasteiger partial charge in [-0.05, 0) is 79.6 Å². The molecule has 0 fully saturated rings. The highest BCUT2D eigenvalue weighted by Gasteiger charge is 2.19. The summed E-state index contributed by atoms with van der Waals surface area (Å²) in [7, 11) is 0. The maximum atomic E-state index is 13.2. The number of rotatable bonds is 13. The standard InChI is InChI=1S/C32H30F2N2O5/c1-3-26(19-30(37)22-6-10-24(33)11-7-22)35-29(32(38)39)18-21-4-14-27(15-5-21)40-17-16-28-20(2)41-31(36-28)23-8-12-25(34)13-9-23/h4-15,19,29,35H,3,16-18H2,1-2H3,(H,38,39)/b26-19+/t29-/m0/s1. The van der Waals surface area contributed by atoms with Crippen LogP contribution in [0.1, 0.15) is 40.7 Å². The van der Waals surface area contributed by atoms with E-state index in [1.807, 2.05) is 13.8 Å². The summed E-state index contributed by atoms with van der Waals surface area (Å²) in [5, 5.41) is 12.7. The van der Waals surface area contributed by atoms with Crippen LogP contribution in [0.4, 0.5) is 8.78 Å². The molecule has 0 aliphatic heterocycles. The lowest BCUT2D eigenvalue weighted by atomic mass is 10.0. The van der Waals surface area contributed by atoms with E-state index in [-0.39, 0.29) is 18.0 Å². The zero-order chi connectivity index (χ0) is 29.4. The number of hydrogen-bond donors (Lipinski definition) is 2. The smallest absolute Gasteiger partial charge is 0.326 e. The van der Waals surface area contributed by atoms with E-state index in [1.165, 1.54) is 42.5 Å². The fourth-order valence-electron chi connectivity index (χ4n) is 4.12. The second-order valence-electron chi connectivity index (χ2n) is 9.40. The molecule has 1 heterocycles. The van der Waals surface area contributed by atoms with Crippen molar-refractivity contribution in [2.45, 2.75) is 39.2 Å². The number of aromatic nitrogens is 1. The van der Waals surface area contributed by atoms with E-state index >= 15 is 0 Å². The first-order valence-corrected chi connectivity index (χ1v) is 13.2. The monoisotopic (exact) mass is 560 g/mol. The van der Waals surface area contributed by atoms with Gasteiger partial charge in [-0.2, -0.15) is 0 Å². The molecule has 1 atom stereocenters. The van der Waals surface area contributed by atoms with Crippen molar-refractivity contribution in [2.75, 3.05) is 6.61 Å². The Labute approximate surface area is 236 Å². The number of carboxylic acids is 1. The minimum absolute atomic E-state index is 0.183. The summed E-state index contributed by atoms with van der Waals surface area (Å²) in [6, 6.07) is 17.3. The molecular formula is C32H30F2N2O5. The van der Waals surface area contributed by atoms with Crippen LogP contribution in [0, 0.1) is 18.6 Å². The molecule has 0 spiro atoms. The number of allylic oxidation sites excluding steroid dienone is 2. The molecule has 0 amide bonds.